The topological polar surface area (TPSA) is 27.0 Å². The van der Waals surface area contributed by atoms with Gasteiger partial charge in [0.2, 0.25) is 0 Å². The third-order valence-electron chi connectivity index (χ3n) is 8.36. The Hall–Kier alpha value is -3.12. The number of nitrogens with zero attached hydrogens (tertiary/aromatic N) is 2. The Morgan fingerprint density at radius 2 is 1.39 bits per heavy atom. The first-order chi connectivity index (χ1) is 17.3. The lowest BCUT2D eigenvalue weighted by atomic mass is 9.79. The monoisotopic (exact) mass is 492 g/mol. The lowest BCUT2D eigenvalue weighted by molar-refractivity contribution is 0.245. The van der Waals surface area contributed by atoms with Crippen LogP contribution in [0.5, 0.6) is 0 Å². The second-order valence-corrected chi connectivity index (χ2v) is 10.3. The summed E-state index contributed by atoms with van der Waals surface area (Å²) in [6.45, 7) is 3.29. The van der Waals surface area contributed by atoms with Crippen molar-refractivity contribution in [3.63, 3.8) is 0 Å². The number of piperidine rings is 1. The molecule has 3 aromatic rings. The van der Waals surface area contributed by atoms with Crippen molar-refractivity contribution in [1.82, 2.24) is 4.90 Å². The summed E-state index contributed by atoms with van der Waals surface area (Å²) in [4.78, 5) is 2.61. The van der Waals surface area contributed by atoms with Gasteiger partial charge in [-0.1, -0.05) is 90.5 Å². The molecule has 0 spiro atoms. The minimum Gasteiger partial charge on any atom is -0.303 e. The van der Waals surface area contributed by atoms with Crippen LogP contribution in [0, 0.1) is 11.3 Å². The number of hydrogen-bond acceptors (Lipinski definition) is 2. The largest absolute Gasteiger partial charge is 0.303 e. The molecule has 0 saturated carbocycles. The molecular weight excluding hydrogens is 460 g/mol. The number of aryl methyl sites for hydroxylation is 1. The summed E-state index contributed by atoms with van der Waals surface area (Å²) in [5, 5.41) is 10.1. The first-order valence-electron chi connectivity index (χ1n) is 13.1. The molecule has 0 aromatic heterocycles. The Bertz CT molecular complexity index is 1300. The zero-order valence-corrected chi connectivity index (χ0v) is 21.6. The van der Waals surface area contributed by atoms with E-state index >= 15 is 0 Å². The molecule has 0 radical (unpaired) electrons. The second kappa shape index (κ2) is 10.5. The quantitative estimate of drug-likeness (QED) is 0.292. The smallest absolute Gasteiger partial charge is 0.0828 e. The molecule has 1 unspecified atom stereocenters. The predicted octanol–water partition coefficient (Wildman–Crippen LogP) is 7.68. The normalized spacial score (nSPS) is 20.5. The number of hydrogen-bond donors (Lipinski definition) is 0. The zero-order valence-electron chi connectivity index (χ0n) is 20.7. The molecule has 3 aliphatic rings. The number of likely N-dealkylation sites (tertiary alicyclic amines) is 1. The maximum atomic E-state index is 10.1. The Kier molecular flexibility index (Phi) is 7.15. The lowest BCUT2D eigenvalue weighted by Crippen LogP contribution is -2.33. The van der Waals surface area contributed by atoms with E-state index in [1.807, 2.05) is 0 Å². The van der Waals surface area contributed by atoms with E-state index in [2.05, 4.69) is 95.9 Å². The highest BCUT2D eigenvalue weighted by Gasteiger charge is 2.38. The van der Waals surface area contributed by atoms with Crippen molar-refractivity contribution in [2.75, 3.05) is 19.6 Å². The molecule has 1 atom stereocenters. The number of rotatable bonds is 4. The highest BCUT2D eigenvalue weighted by atomic mass is 35.5. The zero-order chi connectivity index (χ0) is 23.7. The van der Waals surface area contributed by atoms with Crippen molar-refractivity contribution in [3.8, 4) is 6.07 Å². The van der Waals surface area contributed by atoms with E-state index in [1.165, 1.54) is 39.0 Å². The molecule has 3 heteroatoms. The average molecular weight is 493 g/mol. The van der Waals surface area contributed by atoms with Gasteiger partial charge < -0.3 is 4.90 Å². The van der Waals surface area contributed by atoms with Gasteiger partial charge in [0.1, 0.15) is 0 Å². The van der Waals surface area contributed by atoms with Gasteiger partial charge in [0.15, 0.2) is 0 Å². The average Bonchev–Trinajstić information content (AvgIpc) is 3.19. The standard InChI is InChI=1S/C33H32N2.ClH/c34-24-33(20-16-27-10-3-6-13-31(27)33)19-7-21-35-22-17-28(18-23-35)32-29-11-4-1-8-25(29)14-15-26-9-2-5-12-30(26)32;/h1-6,8-15H,7,16-23H2;1H. The molecule has 36 heavy (non-hydrogen) atoms. The minimum absolute atomic E-state index is 0. The van der Waals surface area contributed by atoms with E-state index in [1.54, 1.807) is 5.57 Å². The van der Waals surface area contributed by atoms with Crippen LogP contribution in [0.4, 0.5) is 0 Å². The van der Waals surface area contributed by atoms with Gasteiger partial charge in [-0.15, -0.1) is 12.4 Å². The summed E-state index contributed by atoms with van der Waals surface area (Å²) in [5.41, 5.74) is 10.8. The molecule has 1 saturated heterocycles. The fourth-order valence-electron chi connectivity index (χ4n) is 6.47. The number of benzene rings is 3. The molecule has 6 rings (SSSR count). The van der Waals surface area contributed by atoms with Gasteiger partial charge in [0.25, 0.3) is 0 Å². The molecular formula is C33H33ClN2. The third-order valence-corrected chi connectivity index (χ3v) is 8.36. The van der Waals surface area contributed by atoms with E-state index in [4.69, 9.17) is 0 Å². The summed E-state index contributed by atoms with van der Waals surface area (Å²) < 4.78 is 0. The Balaban J connectivity index is 0.00000267. The lowest BCUT2D eigenvalue weighted by Gasteiger charge is -2.31. The van der Waals surface area contributed by atoms with Crippen molar-refractivity contribution >= 4 is 30.1 Å². The van der Waals surface area contributed by atoms with Gasteiger partial charge in [0, 0.05) is 13.1 Å². The van der Waals surface area contributed by atoms with Gasteiger partial charge in [-0.25, -0.2) is 0 Å². The summed E-state index contributed by atoms with van der Waals surface area (Å²) in [7, 11) is 0. The Morgan fingerprint density at radius 3 is 2.06 bits per heavy atom. The molecule has 1 fully saturated rings. The van der Waals surface area contributed by atoms with Crippen LogP contribution in [-0.4, -0.2) is 24.5 Å². The molecule has 1 aliphatic heterocycles. The minimum atomic E-state index is -0.277. The van der Waals surface area contributed by atoms with Crippen LogP contribution in [0.3, 0.4) is 0 Å². The summed E-state index contributed by atoms with van der Waals surface area (Å²) >= 11 is 0. The fraction of sp³-hybridized carbons (Fsp3) is 0.303. The van der Waals surface area contributed by atoms with Crippen LogP contribution >= 0.6 is 12.4 Å². The highest BCUT2D eigenvalue weighted by Crippen LogP contribution is 2.42. The van der Waals surface area contributed by atoms with E-state index in [-0.39, 0.29) is 17.8 Å². The number of fused-ring (bicyclic) bond motifs is 3. The number of halogens is 1. The maximum absolute atomic E-state index is 10.1. The Morgan fingerprint density at radius 1 is 0.778 bits per heavy atom. The van der Waals surface area contributed by atoms with Crippen molar-refractivity contribution in [2.45, 2.75) is 43.9 Å². The van der Waals surface area contributed by atoms with Gasteiger partial charge in [-0.2, -0.15) is 5.26 Å². The first kappa shape index (κ1) is 24.6. The SMILES string of the molecule is Cl.N#CC1(CCCN2CCC(=C3c4ccccc4C=Cc4ccccc43)CC2)CCc2ccccc21. The molecule has 0 N–H and O–H groups in total. The van der Waals surface area contributed by atoms with Gasteiger partial charge >= 0.3 is 0 Å². The van der Waals surface area contributed by atoms with Crippen molar-refractivity contribution in [2.24, 2.45) is 0 Å². The summed E-state index contributed by atoms with van der Waals surface area (Å²) in [6.07, 6.45) is 10.8. The molecule has 182 valence electrons. The van der Waals surface area contributed by atoms with Crippen LogP contribution in [0.15, 0.2) is 78.4 Å². The molecule has 0 amide bonds. The van der Waals surface area contributed by atoms with E-state index in [0.29, 0.717) is 0 Å². The molecule has 0 bridgehead atoms. The van der Waals surface area contributed by atoms with E-state index in [9.17, 15) is 5.26 Å². The van der Waals surface area contributed by atoms with Crippen molar-refractivity contribution in [1.29, 1.82) is 5.26 Å². The highest BCUT2D eigenvalue weighted by molar-refractivity contribution is 5.94. The maximum Gasteiger partial charge on any atom is 0.0828 e. The van der Waals surface area contributed by atoms with Crippen LogP contribution < -0.4 is 0 Å². The van der Waals surface area contributed by atoms with Crippen LogP contribution in [0.2, 0.25) is 0 Å². The Labute approximate surface area is 221 Å². The van der Waals surface area contributed by atoms with Crippen molar-refractivity contribution in [3.05, 3.63) is 112 Å². The van der Waals surface area contributed by atoms with Crippen LogP contribution in [0.25, 0.3) is 17.7 Å². The van der Waals surface area contributed by atoms with Gasteiger partial charge in [-0.3, -0.25) is 0 Å². The molecule has 3 aromatic carbocycles. The number of nitriles is 1. The van der Waals surface area contributed by atoms with E-state index < -0.39 is 0 Å². The van der Waals surface area contributed by atoms with Gasteiger partial charge in [-0.05, 0) is 84.0 Å². The second-order valence-electron chi connectivity index (χ2n) is 10.3. The van der Waals surface area contributed by atoms with Crippen LogP contribution in [-0.2, 0) is 11.8 Å². The fourth-order valence-corrected chi connectivity index (χ4v) is 6.47. The van der Waals surface area contributed by atoms with E-state index in [0.717, 1.165) is 58.2 Å². The molecule has 1 heterocycles. The molecule has 2 nitrogen and oxygen atoms in total. The molecule has 2 aliphatic carbocycles. The van der Waals surface area contributed by atoms with Gasteiger partial charge in [0.05, 0.1) is 11.5 Å². The van der Waals surface area contributed by atoms with Crippen molar-refractivity contribution < 1.29 is 0 Å². The third kappa shape index (κ3) is 4.43. The first-order valence-corrected chi connectivity index (χ1v) is 13.1. The summed E-state index contributed by atoms with van der Waals surface area (Å²) in [5.74, 6) is 0. The van der Waals surface area contributed by atoms with Crippen LogP contribution in [0.1, 0.15) is 65.5 Å². The summed E-state index contributed by atoms with van der Waals surface area (Å²) in [6, 6.07) is 29.0. The predicted molar refractivity (Wildman–Crippen MR) is 152 cm³/mol.